The molecule has 100 valence electrons. The molecule has 0 aromatic rings. The highest BCUT2D eigenvalue weighted by molar-refractivity contribution is 6.03. The van der Waals surface area contributed by atoms with Gasteiger partial charge in [-0.05, 0) is 6.92 Å². The fourth-order valence-electron chi connectivity index (χ4n) is 0.921. The van der Waals surface area contributed by atoms with Crippen LogP contribution < -0.4 is 5.32 Å². The van der Waals surface area contributed by atoms with Gasteiger partial charge in [-0.25, -0.2) is 9.59 Å². The van der Waals surface area contributed by atoms with E-state index in [1.807, 2.05) is 5.32 Å². The van der Waals surface area contributed by atoms with Gasteiger partial charge < -0.3 is 14.7 Å². The molecule has 2 N–H and O–H groups in total. The van der Waals surface area contributed by atoms with Crippen molar-refractivity contribution in [2.45, 2.75) is 6.92 Å². The van der Waals surface area contributed by atoms with Crippen LogP contribution in [0.3, 0.4) is 0 Å². The van der Waals surface area contributed by atoms with Crippen molar-refractivity contribution in [3.05, 3.63) is 12.2 Å². The van der Waals surface area contributed by atoms with Gasteiger partial charge in [-0.3, -0.25) is 14.9 Å². The van der Waals surface area contributed by atoms with Gasteiger partial charge in [0.05, 0.1) is 7.11 Å². The maximum Gasteiger partial charge on any atom is 0.328 e. The molecule has 18 heavy (non-hydrogen) atoms. The lowest BCUT2D eigenvalue weighted by Gasteiger charge is -2.18. The van der Waals surface area contributed by atoms with E-state index in [9.17, 15) is 19.2 Å². The Labute approximate surface area is 103 Å². The van der Waals surface area contributed by atoms with E-state index in [0.717, 1.165) is 4.90 Å². The van der Waals surface area contributed by atoms with Crippen molar-refractivity contribution in [1.82, 2.24) is 10.2 Å². The third-order valence-corrected chi connectivity index (χ3v) is 1.82. The first-order valence-corrected chi connectivity index (χ1v) is 4.98. The first-order valence-electron chi connectivity index (χ1n) is 4.98. The Kier molecular flexibility index (Phi) is 6.79. The van der Waals surface area contributed by atoms with E-state index in [-0.39, 0.29) is 13.1 Å². The first-order chi connectivity index (χ1) is 8.40. The van der Waals surface area contributed by atoms with Crippen molar-refractivity contribution in [3.63, 3.8) is 0 Å². The molecule has 0 rings (SSSR count). The minimum Gasteiger partial charge on any atom is -0.478 e. The number of esters is 1. The van der Waals surface area contributed by atoms with Crippen molar-refractivity contribution < 1.29 is 29.0 Å². The number of rotatable bonds is 5. The van der Waals surface area contributed by atoms with Gasteiger partial charge in [-0.2, -0.15) is 0 Å². The molecule has 0 aliphatic rings. The molecular weight excluding hydrogens is 244 g/mol. The molecule has 0 aromatic carbocycles. The maximum absolute atomic E-state index is 11.5. The van der Waals surface area contributed by atoms with Crippen molar-refractivity contribution in [2.24, 2.45) is 0 Å². The summed E-state index contributed by atoms with van der Waals surface area (Å²) in [6, 6.07) is -0.803. The summed E-state index contributed by atoms with van der Waals surface area (Å²) in [4.78, 5) is 44.7. The highest BCUT2D eigenvalue weighted by Crippen LogP contribution is 1.91. The number of imide groups is 1. The third-order valence-electron chi connectivity index (χ3n) is 1.82. The number of urea groups is 1. The summed E-state index contributed by atoms with van der Waals surface area (Å²) in [5.74, 6) is -2.81. The summed E-state index contributed by atoms with van der Waals surface area (Å²) in [5, 5.41) is 10.2. The monoisotopic (exact) mass is 258 g/mol. The van der Waals surface area contributed by atoms with Crippen LogP contribution in [0.4, 0.5) is 4.79 Å². The summed E-state index contributed by atoms with van der Waals surface area (Å²) >= 11 is 0. The van der Waals surface area contributed by atoms with E-state index in [0.29, 0.717) is 12.2 Å². The largest absolute Gasteiger partial charge is 0.478 e. The summed E-state index contributed by atoms with van der Waals surface area (Å²) in [6.45, 7) is 1.51. The lowest BCUT2D eigenvalue weighted by molar-refractivity contribution is -0.141. The molecule has 0 unspecified atom stereocenters. The Morgan fingerprint density at radius 2 is 1.89 bits per heavy atom. The predicted octanol–water partition coefficient (Wildman–Crippen LogP) is -0.642. The summed E-state index contributed by atoms with van der Waals surface area (Å²) in [7, 11) is 1.18. The number of hydrogen-bond acceptors (Lipinski definition) is 5. The van der Waals surface area contributed by atoms with E-state index in [1.54, 1.807) is 6.92 Å². The molecule has 0 radical (unpaired) electrons. The van der Waals surface area contributed by atoms with Crippen molar-refractivity contribution in [1.29, 1.82) is 0 Å². The number of carboxylic acids is 1. The van der Waals surface area contributed by atoms with Crippen LogP contribution in [0.1, 0.15) is 6.92 Å². The van der Waals surface area contributed by atoms with Crippen LogP contribution in [-0.2, 0) is 19.1 Å². The Morgan fingerprint density at radius 1 is 1.28 bits per heavy atom. The molecule has 8 heteroatoms. The normalized spacial score (nSPS) is 9.89. The predicted molar refractivity (Wildman–Crippen MR) is 59.6 cm³/mol. The number of likely N-dealkylation sites (N-methyl/N-ethyl adjacent to an activating group) is 1. The number of carbonyl (C=O) groups excluding carboxylic acids is 3. The Hall–Kier alpha value is -2.38. The number of carboxylic acid groups (broad SMARTS) is 1. The smallest absolute Gasteiger partial charge is 0.328 e. The number of methoxy groups -OCH3 is 1. The highest BCUT2D eigenvalue weighted by Gasteiger charge is 2.17. The van der Waals surface area contributed by atoms with E-state index in [1.165, 1.54) is 7.11 Å². The number of aliphatic carboxylic acids is 1. The van der Waals surface area contributed by atoms with Crippen LogP contribution in [0.2, 0.25) is 0 Å². The van der Waals surface area contributed by atoms with E-state index < -0.39 is 23.9 Å². The molecule has 8 nitrogen and oxygen atoms in total. The van der Waals surface area contributed by atoms with Gasteiger partial charge in [0.15, 0.2) is 0 Å². The molecule has 0 bridgehead atoms. The Bertz CT molecular complexity index is 377. The molecule has 0 atom stereocenters. The van der Waals surface area contributed by atoms with Crippen molar-refractivity contribution in [2.75, 3.05) is 20.2 Å². The van der Waals surface area contributed by atoms with E-state index in [4.69, 9.17) is 5.11 Å². The van der Waals surface area contributed by atoms with Crippen LogP contribution in [-0.4, -0.2) is 54.1 Å². The number of carbonyl (C=O) groups is 4. The highest BCUT2D eigenvalue weighted by atomic mass is 16.5. The number of nitrogens with zero attached hydrogens (tertiary/aromatic N) is 1. The molecular formula is C10H14N2O6. The topological polar surface area (TPSA) is 113 Å². The van der Waals surface area contributed by atoms with Crippen molar-refractivity contribution >= 4 is 23.9 Å². The Morgan fingerprint density at radius 3 is 2.33 bits per heavy atom. The summed E-state index contributed by atoms with van der Waals surface area (Å²) in [6.07, 6.45) is 1.30. The van der Waals surface area contributed by atoms with Gasteiger partial charge >= 0.3 is 18.0 Å². The molecule has 3 amide bonds. The average molecular weight is 258 g/mol. The molecule has 0 aromatic heterocycles. The zero-order valence-corrected chi connectivity index (χ0v) is 10.0. The molecule has 0 heterocycles. The first kappa shape index (κ1) is 15.6. The van der Waals surface area contributed by atoms with Crippen LogP contribution in [0.25, 0.3) is 0 Å². The minimum absolute atomic E-state index is 0.191. The van der Waals surface area contributed by atoms with Gasteiger partial charge in [-0.15, -0.1) is 0 Å². The van der Waals surface area contributed by atoms with Crippen LogP contribution >= 0.6 is 0 Å². The van der Waals surface area contributed by atoms with E-state index in [2.05, 4.69) is 4.74 Å². The lowest BCUT2D eigenvalue weighted by atomic mass is 10.4. The number of ether oxygens (including phenoxy) is 1. The minimum atomic E-state index is -1.31. The van der Waals surface area contributed by atoms with Crippen LogP contribution in [0.15, 0.2) is 12.2 Å². The van der Waals surface area contributed by atoms with Gasteiger partial charge in [-0.1, -0.05) is 0 Å². The van der Waals surface area contributed by atoms with Gasteiger partial charge in [0, 0.05) is 18.7 Å². The number of hydrogen-bond donors (Lipinski definition) is 2. The molecule has 0 aliphatic heterocycles. The van der Waals surface area contributed by atoms with Gasteiger partial charge in [0.1, 0.15) is 6.54 Å². The van der Waals surface area contributed by atoms with Crippen molar-refractivity contribution in [3.8, 4) is 0 Å². The van der Waals surface area contributed by atoms with Gasteiger partial charge in [0.2, 0.25) is 0 Å². The van der Waals surface area contributed by atoms with Crippen LogP contribution in [0.5, 0.6) is 0 Å². The molecule has 0 fully saturated rings. The Balaban J connectivity index is 4.40. The fraction of sp³-hybridized carbons (Fsp3) is 0.400. The SMILES string of the molecule is CCN(CC(=O)OC)C(=O)NC(=O)C=CC(=O)O. The lowest BCUT2D eigenvalue weighted by Crippen LogP contribution is -2.44. The number of amides is 3. The quantitative estimate of drug-likeness (QED) is 0.501. The zero-order valence-electron chi connectivity index (χ0n) is 10.0. The standard InChI is InChI=1S/C10H14N2O6/c1-3-12(6-9(16)18-2)10(17)11-7(13)4-5-8(14)15/h4-5H,3,6H2,1-2H3,(H,14,15)(H,11,13,17). The van der Waals surface area contributed by atoms with E-state index >= 15 is 0 Å². The fourth-order valence-corrected chi connectivity index (χ4v) is 0.921. The third kappa shape index (κ3) is 6.26. The summed E-state index contributed by atoms with van der Waals surface area (Å²) in [5.41, 5.74) is 0. The second kappa shape index (κ2) is 7.82. The molecule has 0 spiro atoms. The molecule has 0 saturated carbocycles. The maximum atomic E-state index is 11.5. The second-order valence-corrected chi connectivity index (χ2v) is 3.06. The molecule has 0 saturated heterocycles. The molecule has 0 aliphatic carbocycles. The second-order valence-electron chi connectivity index (χ2n) is 3.06. The van der Waals surface area contributed by atoms with Gasteiger partial charge in [0.25, 0.3) is 5.91 Å². The average Bonchev–Trinajstić information content (AvgIpc) is 2.32. The zero-order chi connectivity index (χ0) is 14.1. The summed E-state index contributed by atoms with van der Waals surface area (Å²) < 4.78 is 4.38. The van der Waals surface area contributed by atoms with Crippen LogP contribution in [0, 0.1) is 0 Å². The number of nitrogens with one attached hydrogen (secondary N) is 1.